The van der Waals surface area contributed by atoms with Crippen molar-refractivity contribution in [3.05, 3.63) is 0 Å². The zero-order chi connectivity index (χ0) is 14.3. The molecule has 0 aliphatic carbocycles. The molecule has 1 rings (SSSR count). The van der Waals surface area contributed by atoms with E-state index in [9.17, 15) is 4.79 Å². The minimum absolute atomic E-state index is 0.336. The van der Waals surface area contributed by atoms with Crippen molar-refractivity contribution in [1.82, 2.24) is 10.2 Å². The molecular weight excluding hydrogens is 256 g/mol. The van der Waals surface area contributed by atoms with E-state index in [0.29, 0.717) is 30.3 Å². The highest BCUT2D eigenvalue weighted by atomic mass is 32.2. The third kappa shape index (κ3) is 5.74. The Labute approximate surface area is 122 Å². The molecule has 0 aromatic rings. The highest BCUT2D eigenvalue weighted by Gasteiger charge is 2.25. The molecule has 0 aromatic heterocycles. The third-order valence-electron chi connectivity index (χ3n) is 3.68. The predicted molar refractivity (Wildman–Crippen MR) is 84.7 cm³/mol. The van der Waals surface area contributed by atoms with Crippen LogP contribution in [0.2, 0.25) is 0 Å². The van der Waals surface area contributed by atoms with Gasteiger partial charge in [0.25, 0.3) is 0 Å². The second-order valence-corrected chi connectivity index (χ2v) is 6.99. The number of nitrogens with one attached hydrogen (secondary N) is 1. The van der Waals surface area contributed by atoms with Gasteiger partial charge in [-0.15, -0.1) is 0 Å². The number of hydrogen-bond donors (Lipinski definition) is 1. The van der Waals surface area contributed by atoms with Gasteiger partial charge in [-0.05, 0) is 18.8 Å². The standard InChI is InChI=1S/C15H30N2OS/c1-5-14(6-2)17(10-12(3)4)15(18)9-13-11-19-8-7-16-13/h12-14,16H,5-11H2,1-4H3. The SMILES string of the molecule is CCC(CC)N(CC(C)C)C(=O)CC1CSCCN1. The highest BCUT2D eigenvalue weighted by molar-refractivity contribution is 7.99. The van der Waals surface area contributed by atoms with Crippen LogP contribution < -0.4 is 5.32 Å². The van der Waals surface area contributed by atoms with Crippen molar-refractivity contribution in [3.8, 4) is 0 Å². The van der Waals surface area contributed by atoms with Crippen LogP contribution in [0.1, 0.15) is 47.0 Å². The van der Waals surface area contributed by atoms with Crippen LogP contribution in [0.25, 0.3) is 0 Å². The second-order valence-electron chi connectivity index (χ2n) is 5.84. The second kappa shape index (κ2) is 8.85. The Morgan fingerprint density at radius 1 is 1.37 bits per heavy atom. The lowest BCUT2D eigenvalue weighted by Gasteiger charge is -2.34. The fraction of sp³-hybridized carbons (Fsp3) is 0.933. The van der Waals surface area contributed by atoms with Crippen molar-refractivity contribution >= 4 is 17.7 Å². The van der Waals surface area contributed by atoms with Gasteiger partial charge in [0, 0.05) is 43.1 Å². The summed E-state index contributed by atoms with van der Waals surface area (Å²) in [4.78, 5) is 14.7. The number of thioether (sulfide) groups is 1. The lowest BCUT2D eigenvalue weighted by molar-refractivity contribution is -0.134. The Kier molecular flexibility index (Phi) is 7.84. The fourth-order valence-corrected chi connectivity index (χ4v) is 3.61. The van der Waals surface area contributed by atoms with Crippen molar-refractivity contribution < 1.29 is 4.79 Å². The van der Waals surface area contributed by atoms with E-state index < -0.39 is 0 Å². The van der Waals surface area contributed by atoms with Gasteiger partial charge < -0.3 is 10.2 Å². The quantitative estimate of drug-likeness (QED) is 0.781. The van der Waals surface area contributed by atoms with E-state index >= 15 is 0 Å². The number of carbonyl (C=O) groups excluding carboxylic acids is 1. The molecule has 0 aromatic carbocycles. The molecule has 0 saturated carbocycles. The Bertz CT molecular complexity index is 261. The molecule has 1 N–H and O–H groups in total. The molecular formula is C15H30N2OS. The van der Waals surface area contributed by atoms with Crippen LogP contribution in [0.15, 0.2) is 0 Å². The van der Waals surface area contributed by atoms with Crippen LogP contribution in [0.5, 0.6) is 0 Å². The molecule has 0 spiro atoms. The van der Waals surface area contributed by atoms with Crippen LogP contribution in [-0.2, 0) is 4.79 Å². The van der Waals surface area contributed by atoms with Gasteiger partial charge in [-0.2, -0.15) is 11.8 Å². The summed E-state index contributed by atoms with van der Waals surface area (Å²) in [6.07, 6.45) is 2.78. The molecule has 1 amide bonds. The fourth-order valence-electron chi connectivity index (χ4n) is 2.66. The summed E-state index contributed by atoms with van der Waals surface area (Å²) in [7, 11) is 0. The van der Waals surface area contributed by atoms with Crippen molar-refractivity contribution in [2.45, 2.75) is 59.0 Å². The minimum atomic E-state index is 0.336. The summed E-state index contributed by atoms with van der Waals surface area (Å²) < 4.78 is 0. The molecule has 4 heteroatoms. The largest absolute Gasteiger partial charge is 0.339 e. The molecule has 1 saturated heterocycles. The lowest BCUT2D eigenvalue weighted by atomic mass is 10.1. The Morgan fingerprint density at radius 3 is 2.53 bits per heavy atom. The summed E-state index contributed by atoms with van der Waals surface area (Å²) >= 11 is 1.96. The molecule has 1 aliphatic rings. The molecule has 1 fully saturated rings. The van der Waals surface area contributed by atoms with Gasteiger partial charge in [0.05, 0.1) is 0 Å². The third-order valence-corrected chi connectivity index (χ3v) is 4.82. The van der Waals surface area contributed by atoms with E-state index in [4.69, 9.17) is 0 Å². The van der Waals surface area contributed by atoms with E-state index in [-0.39, 0.29) is 0 Å². The molecule has 1 heterocycles. The highest BCUT2D eigenvalue weighted by Crippen LogP contribution is 2.16. The molecule has 3 nitrogen and oxygen atoms in total. The molecule has 1 atom stereocenters. The van der Waals surface area contributed by atoms with Gasteiger partial charge in [-0.3, -0.25) is 4.79 Å². The number of rotatable bonds is 7. The van der Waals surface area contributed by atoms with Crippen molar-refractivity contribution in [2.24, 2.45) is 5.92 Å². The topological polar surface area (TPSA) is 32.3 Å². The van der Waals surface area contributed by atoms with Crippen LogP contribution in [0, 0.1) is 5.92 Å². The Balaban J connectivity index is 2.58. The maximum Gasteiger partial charge on any atom is 0.224 e. The molecule has 19 heavy (non-hydrogen) atoms. The summed E-state index contributed by atoms with van der Waals surface area (Å²) in [6, 6.07) is 0.779. The predicted octanol–water partition coefficient (Wildman–Crippen LogP) is 2.75. The number of hydrogen-bond acceptors (Lipinski definition) is 3. The zero-order valence-electron chi connectivity index (χ0n) is 12.9. The van der Waals surface area contributed by atoms with Crippen LogP contribution >= 0.6 is 11.8 Å². The van der Waals surface area contributed by atoms with Crippen molar-refractivity contribution in [1.29, 1.82) is 0 Å². The monoisotopic (exact) mass is 286 g/mol. The molecule has 0 bridgehead atoms. The van der Waals surface area contributed by atoms with Gasteiger partial charge in [-0.1, -0.05) is 27.7 Å². The molecule has 1 unspecified atom stereocenters. The summed E-state index contributed by atoms with van der Waals surface area (Å²) in [5.41, 5.74) is 0. The van der Waals surface area contributed by atoms with Crippen LogP contribution in [-0.4, -0.2) is 47.5 Å². The Hall–Kier alpha value is -0.220. The number of carbonyl (C=O) groups is 1. The number of amides is 1. The summed E-state index contributed by atoms with van der Waals surface area (Å²) in [5, 5.41) is 3.46. The van der Waals surface area contributed by atoms with Crippen molar-refractivity contribution in [2.75, 3.05) is 24.6 Å². The zero-order valence-corrected chi connectivity index (χ0v) is 13.8. The molecule has 1 aliphatic heterocycles. The smallest absolute Gasteiger partial charge is 0.224 e. The van der Waals surface area contributed by atoms with Crippen LogP contribution in [0.3, 0.4) is 0 Å². The van der Waals surface area contributed by atoms with Gasteiger partial charge in [0.2, 0.25) is 5.91 Å². The van der Waals surface area contributed by atoms with Gasteiger partial charge >= 0.3 is 0 Å². The van der Waals surface area contributed by atoms with Crippen molar-refractivity contribution in [3.63, 3.8) is 0 Å². The van der Waals surface area contributed by atoms with E-state index in [1.807, 2.05) is 11.8 Å². The first-order valence-corrected chi connectivity index (χ1v) is 8.84. The van der Waals surface area contributed by atoms with Gasteiger partial charge in [0.1, 0.15) is 0 Å². The van der Waals surface area contributed by atoms with E-state index in [2.05, 4.69) is 37.9 Å². The average Bonchev–Trinajstić information content (AvgIpc) is 2.39. The van der Waals surface area contributed by atoms with Crippen LogP contribution in [0.4, 0.5) is 0 Å². The Morgan fingerprint density at radius 2 is 2.05 bits per heavy atom. The summed E-state index contributed by atoms with van der Waals surface area (Å²) in [6.45, 7) is 10.7. The first-order chi connectivity index (χ1) is 9.08. The minimum Gasteiger partial charge on any atom is -0.339 e. The van der Waals surface area contributed by atoms with E-state index in [0.717, 1.165) is 31.7 Å². The lowest BCUT2D eigenvalue weighted by Crippen LogP contribution is -2.46. The normalized spacial score (nSPS) is 20.0. The number of nitrogens with zero attached hydrogens (tertiary/aromatic N) is 1. The summed E-state index contributed by atoms with van der Waals surface area (Å²) in [5.74, 6) is 3.12. The average molecular weight is 286 g/mol. The van der Waals surface area contributed by atoms with E-state index in [1.165, 1.54) is 5.75 Å². The van der Waals surface area contributed by atoms with Gasteiger partial charge in [0.15, 0.2) is 0 Å². The first-order valence-electron chi connectivity index (χ1n) is 7.69. The maximum absolute atomic E-state index is 12.6. The first kappa shape index (κ1) is 16.8. The molecule has 112 valence electrons. The van der Waals surface area contributed by atoms with E-state index in [1.54, 1.807) is 0 Å². The maximum atomic E-state index is 12.6. The van der Waals surface area contributed by atoms with Gasteiger partial charge in [-0.25, -0.2) is 0 Å². The molecule has 0 radical (unpaired) electrons.